The molecule has 0 amide bonds. The van der Waals surface area contributed by atoms with E-state index < -0.39 is 0 Å². The Labute approximate surface area is 179 Å². The lowest BCUT2D eigenvalue weighted by Crippen LogP contribution is -2.11. The van der Waals surface area contributed by atoms with Crippen LogP contribution in [0.25, 0.3) is 21.8 Å². The summed E-state index contributed by atoms with van der Waals surface area (Å²) in [6.45, 7) is 1.01. The van der Waals surface area contributed by atoms with Crippen LogP contribution in [0.5, 0.6) is 11.5 Å². The largest absolute Gasteiger partial charge is 0.493 e. The van der Waals surface area contributed by atoms with Crippen LogP contribution < -0.4 is 15.0 Å². The number of aromatic nitrogens is 2. The van der Waals surface area contributed by atoms with Crippen molar-refractivity contribution in [3.8, 4) is 11.5 Å². The van der Waals surface area contributed by atoms with Crippen molar-refractivity contribution in [1.29, 1.82) is 0 Å². The highest BCUT2D eigenvalue weighted by molar-refractivity contribution is 6.08. The summed E-state index contributed by atoms with van der Waals surface area (Å²) in [5.74, 6) is 1.29. The molecule has 0 atom stereocenters. The zero-order chi connectivity index (χ0) is 21.2. The fraction of sp³-hybridized carbons (Fsp3) is 0.115. The Morgan fingerprint density at radius 3 is 2.26 bits per heavy atom. The standard InChI is InChI=1S/C26H22N2O3/c1-30-23-14-21-20-12-13-27-26(29)25(20)28(16-18-8-4-2-5-9-18)22(21)15-24(23)31-17-19-10-6-3-7-11-19/h2-15H,16-17H2,1H3,(H,27,29). The number of benzene rings is 3. The monoisotopic (exact) mass is 410 g/mol. The summed E-state index contributed by atoms with van der Waals surface area (Å²) < 4.78 is 13.8. The zero-order valence-corrected chi connectivity index (χ0v) is 17.2. The minimum atomic E-state index is -0.115. The third-order valence-corrected chi connectivity index (χ3v) is 5.49. The lowest BCUT2D eigenvalue weighted by molar-refractivity contribution is 0.285. The summed E-state index contributed by atoms with van der Waals surface area (Å²) in [5.41, 5.74) is 3.65. The first-order valence-corrected chi connectivity index (χ1v) is 10.2. The van der Waals surface area contributed by atoms with Crippen molar-refractivity contribution < 1.29 is 9.47 Å². The first-order chi connectivity index (χ1) is 15.2. The van der Waals surface area contributed by atoms with Gasteiger partial charge in [0.2, 0.25) is 0 Å². The van der Waals surface area contributed by atoms with Crippen molar-refractivity contribution in [2.24, 2.45) is 0 Å². The second-order valence-electron chi connectivity index (χ2n) is 7.44. The summed E-state index contributed by atoms with van der Waals surface area (Å²) in [7, 11) is 1.63. The Kier molecular flexibility index (Phi) is 4.92. The van der Waals surface area contributed by atoms with Crippen molar-refractivity contribution in [1.82, 2.24) is 9.55 Å². The van der Waals surface area contributed by atoms with E-state index in [1.54, 1.807) is 13.3 Å². The van der Waals surface area contributed by atoms with Crippen LogP contribution in [0.1, 0.15) is 11.1 Å². The molecule has 0 unspecified atom stereocenters. The molecule has 31 heavy (non-hydrogen) atoms. The lowest BCUT2D eigenvalue weighted by Gasteiger charge is -2.13. The molecule has 0 saturated carbocycles. The molecule has 0 aliphatic carbocycles. The second-order valence-corrected chi connectivity index (χ2v) is 7.44. The maximum absolute atomic E-state index is 12.8. The van der Waals surface area contributed by atoms with Crippen LogP contribution in [0.15, 0.2) is 89.9 Å². The van der Waals surface area contributed by atoms with Crippen LogP contribution in [-0.2, 0) is 13.2 Å². The zero-order valence-electron chi connectivity index (χ0n) is 17.2. The maximum atomic E-state index is 12.8. The van der Waals surface area contributed by atoms with Crippen molar-refractivity contribution >= 4 is 21.8 Å². The number of fused-ring (bicyclic) bond motifs is 3. The summed E-state index contributed by atoms with van der Waals surface area (Å²) in [4.78, 5) is 15.6. The van der Waals surface area contributed by atoms with Gasteiger partial charge in [-0.25, -0.2) is 0 Å². The average molecular weight is 410 g/mol. The molecular weight excluding hydrogens is 388 g/mol. The fourth-order valence-corrected chi connectivity index (χ4v) is 4.00. The normalized spacial score (nSPS) is 11.1. The number of nitrogens with one attached hydrogen (secondary N) is 1. The van der Waals surface area contributed by atoms with Gasteiger partial charge in [0, 0.05) is 29.6 Å². The summed E-state index contributed by atoms with van der Waals surface area (Å²) in [6, 6.07) is 26.0. The van der Waals surface area contributed by atoms with Gasteiger partial charge in [0.05, 0.1) is 12.6 Å². The van der Waals surface area contributed by atoms with E-state index >= 15 is 0 Å². The van der Waals surface area contributed by atoms with Crippen molar-refractivity contribution in [3.63, 3.8) is 0 Å². The third-order valence-electron chi connectivity index (χ3n) is 5.49. The number of aromatic amines is 1. The predicted molar refractivity (Wildman–Crippen MR) is 123 cm³/mol. The van der Waals surface area contributed by atoms with Crippen LogP contribution >= 0.6 is 0 Å². The molecule has 1 N–H and O–H groups in total. The van der Waals surface area contributed by atoms with E-state index in [0.29, 0.717) is 30.2 Å². The van der Waals surface area contributed by atoms with E-state index in [2.05, 4.69) is 17.1 Å². The van der Waals surface area contributed by atoms with Gasteiger partial charge in [-0.15, -0.1) is 0 Å². The number of methoxy groups -OCH3 is 1. The molecule has 0 aliphatic heterocycles. The minimum absolute atomic E-state index is 0.115. The number of hydrogen-bond donors (Lipinski definition) is 1. The summed E-state index contributed by atoms with van der Waals surface area (Å²) in [6.07, 6.45) is 1.68. The van der Waals surface area contributed by atoms with E-state index in [-0.39, 0.29) is 5.56 Å². The molecule has 5 aromatic rings. The van der Waals surface area contributed by atoms with Gasteiger partial charge in [-0.05, 0) is 23.3 Å². The molecule has 0 saturated heterocycles. The van der Waals surface area contributed by atoms with Crippen LogP contribution in [0.2, 0.25) is 0 Å². The Morgan fingerprint density at radius 1 is 0.839 bits per heavy atom. The molecule has 0 fully saturated rings. The summed E-state index contributed by atoms with van der Waals surface area (Å²) in [5, 5.41) is 1.85. The van der Waals surface area contributed by atoms with Gasteiger partial charge in [-0.3, -0.25) is 4.79 Å². The molecule has 5 heteroatoms. The number of nitrogens with zero attached hydrogens (tertiary/aromatic N) is 1. The molecule has 3 aromatic carbocycles. The topological polar surface area (TPSA) is 56.2 Å². The van der Waals surface area contributed by atoms with Gasteiger partial charge in [-0.1, -0.05) is 60.7 Å². The number of hydrogen-bond acceptors (Lipinski definition) is 3. The molecule has 2 heterocycles. The number of rotatable bonds is 6. The lowest BCUT2D eigenvalue weighted by atomic mass is 10.1. The van der Waals surface area contributed by atoms with Crippen LogP contribution in [0.3, 0.4) is 0 Å². The molecule has 0 bridgehead atoms. The molecular formula is C26H22N2O3. The van der Waals surface area contributed by atoms with E-state index in [0.717, 1.165) is 27.4 Å². The van der Waals surface area contributed by atoms with E-state index in [9.17, 15) is 4.79 Å². The van der Waals surface area contributed by atoms with Gasteiger partial charge in [-0.2, -0.15) is 0 Å². The Hall–Kier alpha value is -3.99. The summed E-state index contributed by atoms with van der Waals surface area (Å²) >= 11 is 0. The van der Waals surface area contributed by atoms with Gasteiger partial charge < -0.3 is 19.0 Å². The highest BCUT2D eigenvalue weighted by atomic mass is 16.5. The quantitative estimate of drug-likeness (QED) is 0.423. The molecule has 5 nitrogen and oxygen atoms in total. The predicted octanol–water partition coefficient (Wildman–Crippen LogP) is 5.12. The minimum Gasteiger partial charge on any atom is -0.493 e. The first kappa shape index (κ1) is 19.0. The molecule has 5 rings (SSSR count). The fourth-order valence-electron chi connectivity index (χ4n) is 4.00. The van der Waals surface area contributed by atoms with Gasteiger partial charge in [0.1, 0.15) is 12.1 Å². The third kappa shape index (κ3) is 3.55. The molecule has 154 valence electrons. The Morgan fingerprint density at radius 2 is 1.55 bits per heavy atom. The van der Waals surface area contributed by atoms with Crippen LogP contribution in [0, 0.1) is 0 Å². The molecule has 0 aliphatic rings. The number of ether oxygens (including phenoxy) is 2. The molecule has 0 radical (unpaired) electrons. The second kappa shape index (κ2) is 8.03. The Balaban J connectivity index is 1.68. The van der Waals surface area contributed by atoms with Gasteiger partial charge >= 0.3 is 0 Å². The van der Waals surface area contributed by atoms with Crippen LogP contribution in [0.4, 0.5) is 0 Å². The highest BCUT2D eigenvalue weighted by Crippen LogP contribution is 2.37. The highest BCUT2D eigenvalue weighted by Gasteiger charge is 2.18. The Bertz CT molecular complexity index is 1400. The number of pyridine rings is 1. The van der Waals surface area contributed by atoms with E-state index in [1.807, 2.05) is 71.3 Å². The smallest absolute Gasteiger partial charge is 0.272 e. The van der Waals surface area contributed by atoms with Gasteiger partial charge in [0.15, 0.2) is 11.5 Å². The molecule has 2 aromatic heterocycles. The first-order valence-electron chi connectivity index (χ1n) is 10.2. The van der Waals surface area contributed by atoms with Crippen LogP contribution in [-0.4, -0.2) is 16.7 Å². The SMILES string of the molecule is COc1cc2c3cc[nH]c(=O)c3n(Cc3ccccc3)c2cc1OCc1ccccc1. The van der Waals surface area contributed by atoms with Crippen molar-refractivity contribution in [2.45, 2.75) is 13.2 Å². The van der Waals surface area contributed by atoms with Gasteiger partial charge in [0.25, 0.3) is 5.56 Å². The van der Waals surface area contributed by atoms with E-state index in [4.69, 9.17) is 9.47 Å². The van der Waals surface area contributed by atoms with E-state index in [1.165, 1.54) is 0 Å². The molecule has 0 spiro atoms. The average Bonchev–Trinajstić information content (AvgIpc) is 3.12. The number of H-pyrrole nitrogens is 1. The maximum Gasteiger partial charge on any atom is 0.272 e. The van der Waals surface area contributed by atoms with Crippen molar-refractivity contribution in [2.75, 3.05) is 7.11 Å². The van der Waals surface area contributed by atoms with Crippen molar-refractivity contribution in [3.05, 3.63) is 107 Å².